The van der Waals surface area contributed by atoms with Crippen LogP contribution in [0.1, 0.15) is 32.1 Å². The number of hydrogen-bond acceptors (Lipinski definition) is 2. The lowest BCUT2D eigenvalue weighted by molar-refractivity contribution is -0.131. The van der Waals surface area contributed by atoms with Crippen molar-refractivity contribution in [2.75, 3.05) is 13.1 Å². The van der Waals surface area contributed by atoms with E-state index in [0.717, 1.165) is 25.9 Å². The summed E-state index contributed by atoms with van der Waals surface area (Å²) in [6.45, 7) is 5.50. The van der Waals surface area contributed by atoms with E-state index in [1.165, 1.54) is 12.8 Å². The smallest absolute Gasteiger partial charge is 0.222 e. The summed E-state index contributed by atoms with van der Waals surface area (Å²) >= 11 is 0. The van der Waals surface area contributed by atoms with Gasteiger partial charge in [-0.1, -0.05) is 6.08 Å². The van der Waals surface area contributed by atoms with Gasteiger partial charge in [0.15, 0.2) is 0 Å². The van der Waals surface area contributed by atoms with E-state index in [2.05, 4.69) is 11.9 Å². The van der Waals surface area contributed by atoms with Crippen molar-refractivity contribution < 1.29 is 4.79 Å². The molecule has 3 nitrogen and oxygen atoms in total. The molecule has 0 aromatic heterocycles. The number of fused-ring (bicyclic) bond motifs is 2. The summed E-state index contributed by atoms with van der Waals surface area (Å²) in [6, 6.07) is 1.21. The fraction of sp³-hybridized carbons (Fsp3) is 0.750. The predicted octanol–water partition coefficient (Wildman–Crippen LogP) is 2.15. The fourth-order valence-corrected chi connectivity index (χ4v) is 2.55. The minimum atomic E-state index is 0. The highest BCUT2D eigenvalue weighted by atomic mass is 35.5. The van der Waals surface area contributed by atoms with Crippen molar-refractivity contribution in [3.8, 4) is 0 Å². The summed E-state index contributed by atoms with van der Waals surface area (Å²) < 4.78 is 0. The lowest BCUT2D eigenvalue weighted by atomic mass is 10.1. The molecule has 2 unspecified atom stereocenters. The monoisotopic (exact) mass is 280 g/mol. The Labute approximate surface area is 116 Å². The molecule has 2 bridgehead atoms. The van der Waals surface area contributed by atoms with E-state index >= 15 is 0 Å². The Bertz CT molecular complexity index is 261. The van der Waals surface area contributed by atoms with Gasteiger partial charge in [0.1, 0.15) is 0 Å². The molecule has 1 amide bonds. The number of likely N-dealkylation sites (tertiary alicyclic amines) is 1. The Morgan fingerprint density at radius 1 is 1.29 bits per heavy atom. The Hall–Kier alpha value is -0.250. The number of allylic oxidation sites excluding steroid dienone is 1. The van der Waals surface area contributed by atoms with E-state index < -0.39 is 0 Å². The summed E-state index contributed by atoms with van der Waals surface area (Å²) in [5.41, 5.74) is 0. The van der Waals surface area contributed by atoms with E-state index in [-0.39, 0.29) is 24.8 Å². The van der Waals surface area contributed by atoms with Crippen LogP contribution in [0.25, 0.3) is 0 Å². The first-order valence-corrected chi connectivity index (χ1v) is 5.94. The second-order valence-electron chi connectivity index (χ2n) is 4.59. The number of hydrogen-bond donors (Lipinski definition) is 1. The molecule has 0 aliphatic carbocycles. The maximum atomic E-state index is 11.8. The number of nitrogens with one attached hydrogen (secondary N) is 1. The topological polar surface area (TPSA) is 32.3 Å². The molecule has 0 aromatic carbocycles. The van der Waals surface area contributed by atoms with Gasteiger partial charge >= 0.3 is 0 Å². The normalized spacial score (nSPS) is 26.5. The van der Waals surface area contributed by atoms with E-state index in [1.807, 2.05) is 11.0 Å². The summed E-state index contributed by atoms with van der Waals surface area (Å²) in [6.07, 6.45) is 6.89. The van der Waals surface area contributed by atoms with Gasteiger partial charge in [0.2, 0.25) is 5.91 Å². The molecule has 2 saturated heterocycles. The molecule has 2 aliphatic rings. The van der Waals surface area contributed by atoms with E-state index in [9.17, 15) is 4.79 Å². The van der Waals surface area contributed by atoms with Crippen LogP contribution in [-0.4, -0.2) is 36.0 Å². The zero-order valence-electron chi connectivity index (χ0n) is 10.1. The molecule has 17 heavy (non-hydrogen) atoms. The molecule has 5 heteroatoms. The largest absolute Gasteiger partial charge is 0.341 e. The molecule has 1 N–H and O–H groups in total. The van der Waals surface area contributed by atoms with Crippen molar-refractivity contribution in [1.82, 2.24) is 10.2 Å². The van der Waals surface area contributed by atoms with Gasteiger partial charge in [-0.3, -0.25) is 4.79 Å². The Morgan fingerprint density at radius 2 is 2.00 bits per heavy atom. The summed E-state index contributed by atoms with van der Waals surface area (Å²) in [4.78, 5) is 13.9. The maximum absolute atomic E-state index is 11.8. The number of amides is 1. The van der Waals surface area contributed by atoms with Crippen molar-refractivity contribution in [1.29, 1.82) is 0 Å². The van der Waals surface area contributed by atoms with Gasteiger partial charge in [-0.2, -0.15) is 0 Å². The average molecular weight is 281 g/mol. The first-order valence-electron chi connectivity index (χ1n) is 5.94. The summed E-state index contributed by atoms with van der Waals surface area (Å²) in [7, 11) is 0. The Morgan fingerprint density at radius 3 is 2.71 bits per heavy atom. The van der Waals surface area contributed by atoms with Gasteiger partial charge in [-0.05, 0) is 25.7 Å². The van der Waals surface area contributed by atoms with Gasteiger partial charge < -0.3 is 10.2 Å². The van der Waals surface area contributed by atoms with Gasteiger partial charge in [-0.25, -0.2) is 0 Å². The predicted molar refractivity (Wildman–Crippen MR) is 75.1 cm³/mol. The SMILES string of the molecule is C=CCCC(=O)N1CCC2CCC(C1)N2.Cl.Cl. The molecule has 0 saturated carbocycles. The minimum absolute atomic E-state index is 0. The summed E-state index contributed by atoms with van der Waals surface area (Å²) in [5.74, 6) is 0.296. The highest BCUT2D eigenvalue weighted by Gasteiger charge is 2.30. The molecular formula is C12H22Cl2N2O. The first-order chi connectivity index (χ1) is 7.29. The second-order valence-corrected chi connectivity index (χ2v) is 4.59. The highest BCUT2D eigenvalue weighted by Crippen LogP contribution is 2.20. The molecule has 2 fully saturated rings. The molecule has 0 spiro atoms. The lowest BCUT2D eigenvalue weighted by Gasteiger charge is -2.24. The van der Waals surface area contributed by atoms with Gasteiger partial charge in [-0.15, -0.1) is 31.4 Å². The van der Waals surface area contributed by atoms with E-state index in [0.29, 0.717) is 24.4 Å². The number of carbonyl (C=O) groups excluding carboxylic acids is 1. The van der Waals surface area contributed by atoms with Gasteiger partial charge in [0.25, 0.3) is 0 Å². The summed E-state index contributed by atoms with van der Waals surface area (Å²) in [5, 5.41) is 3.58. The van der Waals surface area contributed by atoms with Crippen LogP contribution in [0.15, 0.2) is 12.7 Å². The van der Waals surface area contributed by atoms with Crippen molar-refractivity contribution in [3.63, 3.8) is 0 Å². The number of nitrogens with zero attached hydrogens (tertiary/aromatic N) is 1. The van der Waals surface area contributed by atoms with E-state index in [1.54, 1.807) is 0 Å². The molecule has 0 aromatic rings. The van der Waals surface area contributed by atoms with E-state index in [4.69, 9.17) is 0 Å². The zero-order chi connectivity index (χ0) is 10.7. The Balaban J connectivity index is 0.00000128. The third-order valence-electron chi connectivity index (χ3n) is 3.44. The minimum Gasteiger partial charge on any atom is -0.341 e. The molecule has 2 heterocycles. The van der Waals surface area contributed by atoms with Crippen molar-refractivity contribution >= 4 is 30.7 Å². The van der Waals surface area contributed by atoms with Crippen LogP contribution in [0.5, 0.6) is 0 Å². The highest BCUT2D eigenvalue weighted by molar-refractivity contribution is 5.85. The second kappa shape index (κ2) is 7.96. The van der Waals surface area contributed by atoms with Crippen LogP contribution in [0.2, 0.25) is 0 Å². The maximum Gasteiger partial charge on any atom is 0.222 e. The molecule has 2 atom stereocenters. The van der Waals surface area contributed by atoms with Gasteiger partial charge in [0.05, 0.1) is 0 Å². The standard InChI is InChI=1S/C12H20N2O.2ClH/c1-2-3-4-12(15)14-8-7-10-5-6-11(9-14)13-10;;/h2,10-11,13H,1,3-9H2;2*1H. The van der Waals surface area contributed by atoms with Crippen LogP contribution in [0.3, 0.4) is 0 Å². The number of rotatable bonds is 3. The zero-order valence-corrected chi connectivity index (χ0v) is 11.7. The fourth-order valence-electron chi connectivity index (χ4n) is 2.55. The first kappa shape index (κ1) is 16.8. The number of carbonyl (C=O) groups is 1. The van der Waals surface area contributed by atoms with Crippen LogP contribution in [0, 0.1) is 0 Å². The molecule has 0 radical (unpaired) electrons. The van der Waals surface area contributed by atoms with Crippen LogP contribution in [0.4, 0.5) is 0 Å². The third kappa shape index (κ3) is 4.49. The molecule has 2 rings (SSSR count). The lowest BCUT2D eigenvalue weighted by Crippen LogP contribution is -2.38. The average Bonchev–Trinajstić information content (AvgIpc) is 2.55. The third-order valence-corrected chi connectivity index (χ3v) is 3.44. The van der Waals surface area contributed by atoms with Crippen LogP contribution < -0.4 is 5.32 Å². The van der Waals surface area contributed by atoms with Crippen LogP contribution >= 0.6 is 24.8 Å². The molecular weight excluding hydrogens is 259 g/mol. The van der Waals surface area contributed by atoms with Crippen LogP contribution in [-0.2, 0) is 4.79 Å². The van der Waals surface area contributed by atoms with Crippen molar-refractivity contribution in [2.45, 2.75) is 44.2 Å². The molecule has 2 aliphatic heterocycles. The van der Waals surface area contributed by atoms with Crippen molar-refractivity contribution in [2.24, 2.45) is 0 Å². The molecule has 100 valence electrons. The Kier molecular flexibility index (Phi) is 7.84. The van der Waals surface area contributed by atoms with Crippen molar-refractivity contribution in [3.05, 3.63) is 12.7 Å². The quantitative estimate of drug-likeness (QED) is 0.804. The van der Waals surface area contributed by atoms with Gasteiger partial charge in [0, 0.05) is 31.6 Å². The number of halogens is 2.